The van der Waals surface area contributed by atoms with Crippen molar-refractivity contribution >= 4 is 12.0 Å². The smallest absolute Gasteiger partial charge is 0.407 e. The van der Waals surface area contributed by atoms with E-state index in [9.17, 15) is 9.59 Å². The van der Waals surface area contributed by atoms with Crippen LogP contribution in [-0.2, 0) is 20.9 Å². The number of carbonyl (C=O) groups is 2. The molecule has 0 spiro atoms. The second-order valence-electron chi connectivity index (χ2n) is 9.10. The van der Waals surface area contributed by atoms with Gasteiger partial charge in [-0.3, -0.25) is 4.79 Å². The molecule has 0 radical (unpaired) electrons. The molecule has 2 aromatic rings. The molecular formula is C26H36N2O4. The Morgan fingerprint density at radius 2 is 1.62 bits per heavy atom. The largest absolute Gasteiger partial charge is 0.444 e. The Balaban J connectivity index is 1.83. The zero-order valence-electron chi connectivity index (χ0n) is 19.9. The second-order valence-corrected chi connectivity index (χ2v) is 9.10. The molecule has 0 aromatic heterocycles. The third-order valence-electron chi connectivity index (χ3n) is 4.71. The van der Waals surface area contributed by atoms with E-state index in [0.717, 1.165) is 11.1 Å². The predicted octanol–water partition coefficient (Wildman–Crippen LogP) is 4.63. The van der Waals surface area contributed by atoms with Gasteiger partial charge >= 0.3 is 6.09 Å². The molecule has 1 unspecified atom stereocenters. The molecule has 0 heterocycles. The molecule has 0 fully saturated rings. The van der Waals surface area contributed by atoms with Crippen molar-refractivity contribution in [2.45, 2.75) is 59.2 Å². The lowest BCUT2D eigenvalue weighted by molar-refractivity contribution is -0.121. The fourth-order valence-electron chi connectivity index (χ4n) is 3.39. The van der Waals surface area contributed by atoms with Crippen molar-refractivity contribution in [2.24, 2.45) is 0 Å². The van der Waals surface area contributed by atoms with Crippen LogP contribution in [0.25, 0.3) is 0 Å². The monoisotopic (exact) mass is 440 g/mol. The summed E-state index contributed by atoms with van der Waals surface area (Å²) in [4.78, 5) is 24.0. The molecule has 2 aromatic carbocycles. The maximum Gasteiger partial charge on any atom is 0.407 e. The third-order valence-corrected chi connectivity index (χ3v) is 4.71. The van der Waals surface area contributed by atoms with E-state index < -0.39 is 11.7 Å². The molecule has 6 nitrogen and oxygen atoms in total. The van der Waals surface area contributed by atoms with Gasteiger partial charge < -0.3 is 20.1 Å². The molecule has 2 rings (SSSR count). The van der Waals surface area contributed by atoms with Crippen LogP contribution in [0.1, 0.15) is 55.4 Å². The normalized spacial score (nSPS) is 12.2. The van der Waals surface area contributed by atoms with Crippen LogP contribution in [0.15, 0.2) is 48.5 Å². The van der Waals surface area contributed by atoms with Gasteiger partial charge in [-0.2, -0.15) is 0 Å². The van der Waals surface area contributed by atoms with Crippen molar-refractivity contribution in [3.63, 3.8) is 0 Å². The molecule has 0 bridgehead atoms. The molecule has 32 heavy (non-hydrogen) atoms. The van der Waals surface area contributed by atoms with E-state index in [1.807, 2.05) is 30.3 Å². The summed E-state index contributed by atoms with van der Waals surface area (Å²) >= 11 is 0. The molecule has 0 saturated heterocycles. The van der Waals surface area contributed by atoms with Crippen LogP contribution in [-0.4, -0.2) is 37.3 Å². The number of alkyl carbamates (subject to hydrolysis) is 1. The summed E-state index contributed by atoms with van der Waals surface area (Å²) in [6.45, 7) is 11.3. The lowest BCUT2D eigenvalue weighted by atomic mass is 10.00. The van der Waals surface area contributed by atoms with Crippen LogP contribution in [0.5, 0.6) is 0 Å². The van der Waals surface area contributed by atoms with E-state index in [1.54, 1.807) is 20.8 Å². The number of amides is 2. The minimum Gasteiger partial charge on any atom is -0.444 e. The summed E-state index contributed by atoms with van der Waals surface area (Å²) in [5.74, 6) is -0.0961. The quantitative estimate of drug-likeness (QED) is 0.565. The highest BCUT2D eigenvalue weighted by molar-refractivity contribution is 5.77. The highest BCUT2D eigenvalue weighted by Crippen LogP contribution is 2.17. The fraction of sp³-hybridized carbons (Fsp3) is 0.462. The topological polar surface area (TPSA) is 76.7 Å². The molecule has 0 aliphatic heterocycles. The van der Waals surface area contributed by atoms with Gasteiger partial charge in [0.05, 0.1) is 13.2 Å². The Kier molecular flexibility index (Phi) is 9.72. The van der Waals surface area contributed by atoms with Crippen LogP contribution >= 0.6 is 0 Å². The lowest BCUT2D eigenvalue weighted by Crippen LogP contribution is -2.36. The van der Waals surface area contributed by atoms with E-state index in [2.05, 4.69) is 42.7 Å². The molecule has 6 heteroatoms. The summed E-state index contributed by atoms with van der Waals surface area (Å²) in [6.07, 6.45) is -0.336. The number of hydrogen-bond donors (Lipinski definition) is 2. The standard InChI is InChI=1S/C26H36N2O4/c1-19-13-20(2)15-21(14-19)17-31-18-23(22-9-7-6-8-10-22)16-28-24(29)11-12-27-25(30)32-26(3,4)5/h6-10,13-15,23H,11-12,16-18H2,1-5H3,(H,27,30)(H,28,29). The van der Waals surface area contributed by atoms with E-state index in [4.69, 9.17) is 9.47 Å². The number of benzene rings is 2. The Labute approximate surface area is 191 Å². The summed E-state index contributed by atoms with van der Waals surface area (Å²) in [5.41, 5.74) is 4.13. The predicted molar refractivity (Wildman–Crippen MR) is 127 cm³/mol. The van der Waals surface area contributed by atoms with E-state index in [1.165, 1.54) is 11.1 Å². The number of rotatable bonds is 10. The molecule has 2 amide bonds. The molecule has 1 atom stereocenters. The summed E-state index contributed by atoms with van der Waals surface area (Å²) in [6, 6.07) is 16.4. The first-order chi connectivity index (χ1) is 15.1. The highest BCUT2D eigenvalue weighted by Gasteiger charge is 2.17. The van der Waals surface area contributed by atoms with Crippen LogP contribution in [0.3, 0.4) is 0 Å². The Morgan fingerprint density at radius 1 is 0.969 bits per heavy atom. The zero-order valence-corrected chi connectivity index (χ0v) is 19.9. The Hall–Kier alpha value is -2.86. The van der Waals surface area contributed by atoms with E-state index >= 15 is 0 Å². The summed E-state index contributed by atoms with van der Waals surface area (Å²) in [5, 5.41) is 5.56. The van der Waals surface area contributed by atoms with Gasteiger partial charge in [-0.1, -0.05) is 59.7 Å². The van der Waals surface area contributed by atoms with Gasteiger partial charge in [0.15, 0.2) is 0 Å². The minimum atomic E-state index is -0.563. The summed E-state index contributed by atoms with van der Waals surface area (Å²) in [7, 11) is 0. The maximum absolute atomic E-state index is 12.3. The van der Waals surface area contributed by atoms with Crippen LogP contribution in [0.2, 0.25) is 0 Å². The number of ether oxygens (including phenoxy) is 2. The highest BCUT2D eigenvalue weighted by atomic mass is 16.6. The molecule has 174 valence electrons. The molecule has 0 aliphatic rings. The lowest BCUT2D eigenvalue weighted by Gasteiger charge is -2.20. The number of hydrogen-bond acceptors (Lipinski definition) is 4. The number of aryl methyl sites for hydroxylation is 2. The Bertz CT molecular complexity index is 855. The first kappa shape index (κ1) is 25.4. The first-order valence-corrected chi connectivity index (χ1v) is 11.1. The van der Waals surface area contributed by atoms with Crippen molar-refractivity contribution in [2.75, 3.05) is 19.7 Å². The van der Waals surface area contributed by atoms with E-state index in [0.29, 0.717) is 19.8 Å². The van der Waals surface area contributed by atoms with Gasteiger partial charge in [0.1, 0.15) is 5.60 Å². The SMILES string of the molecule is Cc1cc(C)cc(COCC(CNC(=O)CCNC(=O)OC(C)(C)C)c2ccccc2)c1. The van der Waals surface area contributed by atoms with Crippen LogP contribution in [0, 0.1) is 13.8 Å². The van der Waals surface area contributed by atoms with Crippen molar-refractivity contribution in [1.29, 1.82) is 0 Å². The van der Waals surface area contributed by atoms with Crippen molar-refractivity contribution in [3.8, 4) is 0 Å². The Morgan fingerprint density at radius 3 is 2.25 bits per heavy atom. The summed E-state index contributed by atoms with van der Waals surface area (Å²) < 4.78 is 11.2. The molecular weight excluding hydrogens is 404 g/mol. The van der Waals surface area contributed by atoms with E-state index in [-0.39, 0.29) is 24.8 Å². The minimum absolute atomic E-state index is 0.0323. The molecule has 2 N–H and O–H groups in total. The molecule has 0 saturated carbocycles. The number of nitrogens with one attached hydrogen (secondary N) is 2. The maximum atomic E-state index is 12.3. The van der Waals surface area contributed by atoms with Gasteiger partial charge in [0.25, 0.3) is 0 Å². The van der Waals surface area contributed by atoms with Crippen molar-refractivity contribution in [3.05, 3.63) is 70.8 Å². The molecule has 0 aliphatic carbocycles. The second kappa shape index (κ2) is 12.2. The average molecular weight is 441 g/mol. The van der Waals surface area contributed by atoms with Gasteiger partial charge in [-0.25, -0.2) is 4.79 Å². The van der Waals surface area contributed by atoms with Crippen LogP contribution in [0.4, 0.5) is 4.79 Å². The first-order valence-electron chi connectivity index (χ1n) is 11.1. The van der Waals surface area contributed by atoms with Gasteiger partial charge in [0.2, 0.25) is 5.91 Å². The fourth-order valence-corrected chi connectivity index (χ4v) is 3.39. The number of carbonyl (C=O) groups excluding carboxylic acids is 2. The third kappa shape index (κ3) is 9.96. The zero-order chi connectivity index (χ0) is 23.6. The van der Waals surface area contributed by atoms with Crippen LogP contribution < -0.4 is 10.6 Å². The van der Waals surface area contributed by atoms with Crippen molar-refractivity contribution in [1.82, 2.24) is 10.6 Å². The van der Waals surface area contributed by atoms with Gasteiger partial charge in [0, 0.05) is 25.4 Å². The van der Waals surface area contributed by atoms with Gasteiger partial charge in [-0.15, -0.1) is 0 Å². The average Bonchev–Trinajstić information content (AvgIpc) is 2.69. The van der Waals surface area contributed by atoms with Crippen molar-refractivity contribution < 1.29 is 19.1 Å². The van der Waals surface area contributed by atoms with Gasteiger partial charge in [-0.05, 0) is 45.7 Å².